The summed E-state index contributed by atoms with van der Waals surface area (Å²) in [5.74, 6) is 1.53. The van der Waals surface area contributed by atoms with Gasteiger partial charge in [0.25, 0.3) is 0 Å². The van der Waals surface area contributed by atoms with Gasteiger partial charge in [0, 0.05) is 5.56 Å². The van der Waals surface area contributed by atoms with Crippen molar-refractivity contribution in [3.05, 3.63) is 42.3 Å². The molecule has 0 spiro atoms. The average Bonchev–Trinajstić information content (AvgIpc) is 3.17. The zero-order chi connectivity index (χ0) is 14.2. The van der Waals surface area contributed by atoms with Crippen LogP contribution in [0.15, 0.2) is 40.9 Å². The van der Waals surface area contributed by atoms with E-state index in [1.165, 1.54) is 0 Å². The van der Waals surface area contributed by atoms with Crippen LogP contribution in [0.1, 0.15) is 24.8 Å². The molecule has 1 aromatic heterocycles. The Morgan fingerprint density at radius 1 is 1.14 bits per heavy atom. The molecule has 0 bridgehead atoms. The Labute approximate surface area is 121 Å². The highest BCUT2D eigenvalue weighted by Gasteiger charge is 2.22. The summed E-state index contributed by atoms with van der Waals surface area (Å²) in [6, 6.07) is 11.4. The molecule has 4 rings (SSSR count). The van der Waals surface area contributed by atoms with Crippen LogP contribution in [0.5, 0.6) is 5.75 Å². The summed E-state index contributed by atoms with van der Waals surface area (Å²) in [6.07, 6.45) is 2.18. The van der Waals surface area contributed by atoms with Gasteiger partial charge in [-0.2, -0.15) is 4.98 Å². The van der Waals surface area contributed by atoms with E-state index in [2.05, 4.69) is 15.5 Å². The number of hydrogen-bond donors (Lipinski definition) is 2. The van der Waals surface area contributed by atoms with Gasteiger partial charge in [0.2, 0.25) is 11.7 Å². The molecule has 2 N–H and O–H groups in total. The highest BCUT2D eigenvalue weighted by atomic mass is 16.5. The van der Waals surface area contributed by atoms with E-state index in [0.717, 1.165) is 35.7 Å². The Kier molecular flexibility index (Phi) is 2.86. The number of fused-ring (bicyclic) bond motifs is 1. The van der Waals surface area contributed by atoms with Crippen molar-refractivity contribution in [2.75, 3.05) is 6.54 Å². The summed E-state index contributed by atoms with van der Waals surface area (Å²) in [6.45, 7) is 1.00. The summed E-state index contributed by atoms with van der Waals surface area (Å²) >= 11 is 0. The first-order chi connectivity index (χ1) is 10.3. The van der Waals surface area contributed by atoms with Gasteiger partial charge in [-0.05, 0) is 48.4 Å². The van der Waals surface area contributed by atoms with E-state index in [1.54, 1.807) is 12.1 Å². The van der Waals surface area contributed by atoms with Gasteiger partial charge < -0.3 is 14.9 Å². The van der Waals surface area contributed by atoms with Gasteiger partial charge in [-0.25, -0.2) is 0 Å². The van der Waals surface area contributed by atoms with Crippen molar-refractivity contribution in [3.8, 4) is 17.1 Å². The molecule has 5 nitrogen and oxygen atoms in total. The summed E-state index contributed by atoms with van der Waals surface area (Å²) in [7, 11) is 0. The van der Waals surface area contributed by atoms with Gasteiger partial charge in [0.1, 0.15) is 5.75 Å². The molecule has 2 aromatic carbocycles. The third-order valence-electron chi connectivity index (χ3n) is 3.88. The minimum absolute atomic E-state index is 0.184. The van der Waals surface area contributed by atoms with Gasteiger partial charge in [0.05, 0.1) is 6.04 Å². The maximum atomic E-state index is 9.49. The zero-order valence-corrected chi connectivity index (χ0v) is 11.4. The van der Waals surface area contributed by atoms with Gasteiger partial charge in [-0.15, -0.1) is 0 Å². The zero-order valence-electron chi connectivity index (χ0n) is 11.4. The number of aromatic nitrogens is 2. The molecule has 1 aliphatic heterocycles. The number of nitrogens with one attached hydrogen (secondary N) is 1. The fourth-order valence-corrected chi connectivity index (χ4v) is 2.76. The lowest BCUT2D eigenvalue weighted by Crippen LogP contribution is -2.12. The topological polar surface area (TPSA) is 71.2 Å². The van der Waals surface area contributed by atoms with Crippen molar-refractivity contribution in [3.63, 3.8) is 0 Å². The third kappa shape index (κ3) is 2.25. The van der Waals surface area contributed by atoms with E-state index in [-0.39, 0.29) is 11.8 Å². The van der Waals surface area contributed by atoms with Crippen LogP contribution in [-0.4, -0.2) is 21.8 Å². The largest absolute Gasteiger partial charge is 0.508 e. The number of hydrogen-bond acceptors (Lipinski definition) is 5. The maximum absolute atomic E-state index is 9.49. The van der Waals surface area contributed by atoms with E-state index >= 15 is 0 Å². The molecule has 21 heavy (non-hydrogen) atoms. The van der Waals surface area contributed by atoms with Crippen molar-refractivity contribution in [2.45, 2.75) is 18.9 Å². The summed E-state index contributed by atoms with van der Waals surface area (Å²) in [5, 5.41) is 18.9. The molecule has 1 aliphatic rings. The maximum Gasteiger partial charge on any atom is 0.244 e. The molecule has 0 aliphatic carbocycles. The van der Waals surface area contributed by atoms with Crippen molar-refractivity contribution >= 4 is 10.8 Å². The third-order valence-corrected chi connectivity index (χ3v) is 3.88. The molecule has 5 heteroatoms. The molecule has 1 atom stereocenters. The second-order valence-corrected chi connectivity index (χ2v) is 5.35. The van der Waals surface area contributed by atoms with E-state index < -0.39 is 0 Å². The van der Waals surface area contributed by atoms with E-state index in [9.17, 15) is 5.11 Å². The standard InChI is InChI=1S/C16H15N3O2/c20-13-6-5-10-8-12(4-3-11(10)9-13)15-18-16(21-19-15)14-2-1-7-17-14/h3-6,8-9,14,17,20H,1-2,7H2/t14-/m0/s1. The molecule has 3 aromatic rings. The predicted molar refractivity (Wildman–Crippen MR) is 78.9 cm³/mol. The van der Waals surface area contributed by atoms with Gasteiger partial charge in [-0.3, -0.25) is 0 Å². The van der Waals surface area contributed by atoms with E-state index in [0.29, 0.717) is 11.7 Å². The Morgan fingerprint density at radius 3 is 2.86 bits per heavy atom. The number of phenolic OH excluding ortho intramolecular Hbond substituents is 1. The predicted octanol–water partition coefficient (Wildman–Crippen LogP) is 3.02. The van der Waals surface area contributed by atoms with Crippen LogP contribution < -0.4 is 5.32 Å². The second-order valence-electron chi connectivity index (χ2n) is 5.35. The fourth-order valence-electron chi connectivity index (χ4n) is 2.76. The number of rotatable bonds is 2. The molecule has 1 saturated heterocycles. The Balaban J connectivity index is 1.71. The molecule has 0 saturated carbocycles. The Morgan fingerprint density at radius 2 is 2.00 bits per heavy atom. The first-order valence-corrected chi connectivity index (χ1v) is 7.10. The van der Waals surface area contributed by atoms with E-state index in [1.807, 2.05) is 24.3 Å². The lowest BCUT2D eigenvalue weighted by atomic mass is 10.1. The summed E-state index contributed by atoms with van der Waals surface area (Å²) in [4.78, 5) is 4.50. The lowest BCUT2D eigenvalue weighted by Gasteiger charge is -2.02. The SMILES string of the molecule is Oc1ccc2cc(-c3noc([C@@H]4CCCN4)n3)ccc2c1. The first kappa shape index (κ1) is 12.3. The fraction of sp³-hybridized carbons (Fsp3) is 0.250. The summed E-state index contributed by atoms with van der Waals surface area (Å²) in [5.41, 5.74) is 0.918. The van der Waals surface area contributed by atoms with Crippen LogP contribution in [0.2, 0.25) is 0 Å². The second kappa shape index (κ2) is 4.86. The van der Waals surface area contributed by atoms with Crippen molar-refractivity contribution in [1.29, 1.82) is 0 Å². The average molecular weight is 281 g/mol. The molecule has 0 radical (unpaired) electrons. The number of aromatic hydroxyl groups is 1. The minimum atomic E-state index is 0.184. The molecule has 1 fully saturated rings. The number of phenols is 1. The number of benzene rings is 2. The van der Waals surface area contributed by atoms with Crippen LogP contribution in [0.4, 0.5) is 0 Å². The first-order valence-electron chi connectivity index (χ1n) is 7.10. The quantitative estimate of drug-likeness (QED) is 0.755. The monoisotopic (exact) mass is 281 g/mol. The molecular formula is C16H15N3O2. The minimum Gasteiger partial charge on any atom is -0.508 e. The number of nitrogens with zero attached hydrogens (tertiary/aromatic N) is 2. The highest BCUT2D eigenvalue weighted by molar-refractivity contribution is 5.87. The van der Waals surface area contributed by atoms with Gasteiger partial charge in [-0.1, -0.05) is 23.4 Å². The van der Waals surface area contributed by atoms with Crippen LogP contribution >= 0.6 is 0 Å². The highest BCUT2D eigenvalue weighted by Crippen LogP contribution is 2.27. The molecule has 0 amide bonds. The molecule has 106 valence electrons. The van der Waals surface area contributed by atoms with Crippen molar-refractivity contribution in [2.24, 2.45) is 0 Å². The van der Waals surface area contributed by atoms with Crippen molar-refractivity contribution in [1.82, 2.24) is 15.5 Å². The molecule has 0 unspecified atom stereocenters. The van der Waals surface area contributed by atoms with Gasteiger partial charge >= 0.3 is 0 Å². The van der Waals surface area contributed by atoms with Crippen LogP contribution in [0, 0.1) is 0 Å². The molecular weight excluding hydrogens is 266 g/mol. The van der Waals surface area contributed by atoms with Crippen LogP contribution in [0.3, 0.4) is 0 Å². The Hall–Kier alpha value is -2.40. The van der Waals surface area contributed by atoms with Crippen LogP contribution in [0.25, 0.3) is 22.2 Å². The molecule has 2 heterocycles. The lowest BCUT2D eigenvalue weighted by molar-refractivity contribution is 0.345. The van der Waals surface area contributed by atoms with Gasteiger partial charge in [0.15, 0.2) is 0 Å². The normalized spacial score (nSPS) is 18.4. The smallest absolute Gasteiger partial charge is 0.244 e. The van der Waals surface area contributed by atoms with E-state index in [4.69, 9.17) is 4.52 Å². The van der Waals surface area contributed by atoms with Crippen molar-refractivity contribution < 1.29 is 9.63 Å². The Bertz CT molecular complexity index is 791. The summed E-state index contributed by atoms with van der Waals surface area (Å²) < 4.78 is 5.37. The van der Waals surface area contributed by atoms with Crippen LogP contribution in [-0.2, 0) is 0 Å².